The first-order chi connectivity index (χ1) is 8.91. The molecule has 19 heavy (non-hydrogen) atoms. The van der Waals surface area contributed by atoms with Gasteiger partial charge in [0.2, 0.25) is 0 Å². The molecule has 1 saturated carbocycles. The zero-order valence-corrected chi connectivity index (χ0v) is 11.5. The van der Waals surface area contributed by atoms with Gasteiger partial charge in [-0.3, -0.25) is 9.59 Å². The highest BCUT2D eigenvalue weighted by Crippen LogP contribution is 2.27. The van der Waals surface area contributed by atoms with Crippen molar-refractivity contribution in [3.05, 3.63) is 33.2 Å². The van der Waals surface area contributed by atoms with Gasteiger partial charge in [-0.1, -0.05) is 0 Å². The van der Waals surface area contributed by atoms with Crippen molar-refractivity contribution in [1.29, 1.82) is 0 Å². The lowest BCUT2D eigenvalue weighted by Gasteiger charge is -2.29. The maximum atomic E-state index is 12.5. The van der Waals surface area contributed by atoms with Gasteiger partial charge in [-0.15, -0.1) is 0 Å². The normalized spacial score (nSPS) is 23.3. The summed E-state index contributed by atoms with van der Waals surface area (Å²) in [5.41, 5.74) is 12.6. The molecule has 2 rings (SSSR count). The number of nitrogens with zero attached hydrogens (tertiary/aromatic N) is 1. The van der Waals surface area contributed by atoms with Crippen molar-refractivity contribution in [3.63, 3.8) is 0 Å². The van der Waals surface area contributed by atoms with Crippen LogP contribution in [0.15, 0.2) is 10.9 Å². The summed E-state index contributed by atoms with van der Waals surface area (Å²) < 4.78 is 1.72. The summed E-state index contributed by atoms with van der Waals surface area (Å²) in [7, 11) is 0. The van der Waals surface area contributed by atoms with Gasteiger partial charge in [0.25, 0.3) is 11.5 Å². The van der Waals surface area contributed by atoms with E-state index in [4.69, 9.17) is 11.5 Å². The maximum absolute atomic E-state index is 12.5. The minimum absolute atomic E-state index is 0.112. The van der Waals surface area contributed by atoms with Gasteiger partial charge in [-0.25, -0.2) is 0 Å². The number of amides is 1. The number of rotatable bonds is 2. The Morgan fingerprint density at radius 2 is 1.84 bits per heavy atom. The average Bonchev–Trinajstić information content (AvgIpc) is 2.30. The van der Waals surface area contributed by atoms with E-state index in [1.807, 2.05) is 13.0 Å². The number of hydrogen-bond acceptors (Lipinski definition) is 3. The molecule has 1 amide bonds. The molecule has 5 heteroatoms. The molecule has 5 nitrogen and oxygen atoms in total. The predicted molar refractivity (Wildman–Crippen MR) is 74.2 cm³/mol. The number of aryl methyl sites for hydroxylation is 2. The smallest absolute Gasteiger partial charge is 0.264 e. The lowest BCUT2D eigenvalue weighted by Crippen LogP contribution is -2.37. The highest BCUT2D eigenvalue weighted by molar-refractivity contribution is 5.93. The monoisotopic (exact) mass is 263 g/mol. The second kappa shape index (κ2) is 5.17. The molecule has 0 aromatic carbocycles. The molecular formula is C14H21N3O2. The Kier molecular flexibility index (Phi) is 3.75. The predicted octanol–water partition coefficient (Wildman–Crippen LogP) is 1.01. The molecule has 0 spiro atoms. The van der Waals surface area contributed by atoms with Gasteiger partial charge in [-0.2, -0.15) is 0 Å². The Morgan fingerprint density at radius 3 is 2.37 bits per heavy atom. The fourth-order valence-corrected chi connectivity index (χ4v) is 3.02. The zero-order valence-electron chi connectivity index (χ0n) is 11.5. The van der Waals surface area contributed by atoms with Crippen LogP contribution in [0.5, 0.6) is 0 Å². The van der Waals surface area contributed by atoms with Crippen molar-refractivity contribution in [1.82, 2.24) is 4.57 Å². The summed E-state index contributed by atoms with van der Waals surface area (Å²) in [4.78, 5) is 23.9. The van der Waals surface area contributed by atoms with Crippen LogP contribution in [0.1, 0.15) is 53.3 Å². The van der Waals surface area contributed by atoms with Crippen LogP contribution in [-0.4, -0.2) is 16.5 Å². The first-order valence-corrected chi connectivity index (χ1v) is 6.70. The second-order valence-corrected chi connectivity index (χ2v) is 5.45. The minimum atomic E-state index is -0.649. The van der Waals surface area contributed by atoms with Gasteiger partial charge in [-0.05, 0) is 51.2 Å². The Bertz CT molecular complexity index is 555. The number of primary amides is 1. The van der Waals surface area contributed by atoms with Crippen molar-refractivity contribution >= 4 is 5.91 Å². The molecule has 0 unspecified atom stereocenters. The molecule has 1 aliphatic carbocycles. The number of pyridine rings is 1. The van der Waals surface area contributed by atoms with E-state index in [1.165, 1.54) is 0 Å². The van der Waals surface area contributed by atoms with E-state index in [0.717, 1.165) is 31.4 Å². The molecular weight excluding hydrogens is 242 g/mol. The van der Waals surface area contributed by atoms with Crippen molar-refractivity contribution in [2.45, 2.75) is 51.6 Å². The lowest BCUT2D eigenvalue weighted by atomic mass is 9.91. The summed E-state index contributed by atoms with van der Waals surface area (Å²) >= 11 is 0. The Hall–Kier alpha value is -1.62. The van der Waals surface area contributed by atoms with Crippen molar-refractivity contribution in [3.8, 4) is 0 Å². The van der Waals surface area contributed by atoms with Crippen molar-refractivity contribution in [2.24, 2.45) is 11.5 Å². The zero-order chi connectivity index (χ0) is 14.2. The first kappa shape index (κ1) is 13.8. The third kappa shape index (κ3) is 2.56. The van der Waals surface area contributed by atoms with E-state index in [1.54, 1.807) is 11.5 Å². The standard InChI is InChI=1S/C14H21N3O2/c1-8-7-9(2)17(14(19)12(8)13(16)18)11-5-3-10(15)4-6-11/h7,10-11H,3-6,15H2,1-2H3,(H2,16,18). The number of carbonyl (C=O) groups is 1. The second-order valence-electron chi connectivity index (χ2n) is 5.45. The summed E-state index contributed by atoms with van der Waals surface area (Å²) in [6.45, 7) is 3.64. The van der Waals surface area contributed by atoms with E-state index in [-0.39, 0.29) is 23.2 Å². The van der Waals surface area contributed by atoms with Crippen LogP contribution in [0.25, 0.3) is 0 Å². The summed E-state index contributed by atoms with van der Waals surface area (Å²) in [6.07, 6.45) is 3.58. The van der Waals surface area contributed by atoms with Crippen molar-refractivity contribution in [2.75, 3.05) is 0 Å². The fraction of sp³-hybridized carbons (Fsp3) is 0.571. The van der Waals surface area contributed by atoms with Gasteiger partial charge in [0.05, 0.1) is 0 Å². The summed E-state index contributed by atoms with van der Waals surface area (Å²) in [5, 5.41) is 0. The molecule has 1 fully saturated rings. The molecule has 1 heterocycles. The highest BCUT2D eigenvalue weighted by Gasteiger charge is 2.24. The number of aromatic nitrogens is 1. The number of nitrogens with two attached hydrogens (primary N) is 2. The molecule has 1 aliphatic rings. The topological polar surface area (TPSA) is 91.1 Å². The quantitative estimate of drug-likeness (QED) is 0.834. The molecule has 0 atom stereocenters. The number of carbonyl (C=O) groups excluding carboxylic acids is 1. The van der Waals surface area contributed by atoms with E-state index in [0.29, 0.717) is 5.56 Å². The van der Waals surface area contributed by atoms with Crippen LogP contribution < -0.4 is 17.0 Å². The molecule has 4 N–H and O–H groups in total. The SMILES string of the molecule is Cc1cc(C)n(C2CCC(N)CC2)c(=O)c1C(N)=O. The Balaban J connectivity index is 2.49. The van der Waals surface area contributed by atoms with Gasteiger partial charge >= 0.3 is 0 Å². The summed E-state index contributed by atoms with van der Waals surface area (Å²) in [6, 6.07) is 2.22. The lowest BCUT2D eigenvalue weighted by molar-refractivity contribution is 0.0997. The van der Waals surface area contributed by atoms with E-state index in [2.05, 4.69) is 0 Å². The average molecular weight is 263 g/mol. The van der Waals surface area contributed by atoms with Crippen LogP contribution in [0.4, 0.5) is 0 Å². The van der Waals surface area contributed by atoms with Crippen LogP contribution >= 0.6 is 0 Å². The first-order valence-electron chi connectivity index (χ1n) is 6.70. The van der Waals surface area contributed by atoms with Gasteiger partial charge in [0.15, 0.2) is 0 Å². The maximum Gasteiger partial charge on any atom is 0.264 e. The van der Waals surface area contributed by atoms with E-state index >= 15 is 0 Å². The number of hydrogen-bond donors (Lipinski definition) is 2. The van der Waals surface area contributed by atoms with E-state index in [9.17, 15) is 9.59 Å². The van der Waals surface area contributed by atoms with Crippen LogP contribution in [0, 0.1) is 13.8 Å². The van der Waals surface area contributed by atoms with E-state index < -0.39 is 5.91 Å². The molecule has 0 radical (unpaired) electrons. The molecule has 1 aromatic heterocycles. The highest BCUT2D eigenvalue weighted by atomic mass is 16.2. The van der Waals surface area contributed by atoms with Gasteiger partial charge < -0.3 is 16.0 Å². The molecule has 0 aliphatic heterocycles. The minimum Gasteiger partial charge on any atom is -0.365 e. The third-order valence-corrected chi connectivity index (χ3v) is 3.99. The van der Waals surface area contributed by atoms with Crippen LogP contribution in [-0.2, 0) is 0 Å². The largest absolute Gasteiger partial charge is 0.365 e. The van der Waals surface area contributed by atoms with Gasteiger partial charge in [0, 0.05) is 17.8 Å². The van der Waals surface area contributed by atoms with Gasteiger partial charge in [0.1, 0.15) is 5.56 Å². The van der Waals surface area contributed by atoms with Crippen LogP contribution in [0.2, 0.25) is 0 Å². The van der Waals surface area contributed by atoms with Crippen molar-refractivity contribution < 1.29 is 4.79 Å². The molecule has 1 aromatic rings. The molecule has 0 saturated heterocycles. The fourth-order valence-electron chi connectivity index (χ4n) is 3.02. The Morgan fingerprint density at radius 1 is 1.26 bits per heavy atom. The molecule has 0 bridgehead atoms. The summed E-state index contributed by atoms with van der Waals surface area (Å²) in [5.74, 6) is -0.649. The third-order valence-electron chi connectivity index (χ3n) is 3.99. The molecule has 104 valence electrons. The van der Waals surface area contributed by atoms with Crippen LogP contribution in [0.3, 0.4) is 0 Å². The Labute approximate surface area is 112 Å².